The second kappa shape index (κ2) is 13.2. The first-order valence-electron chi connectivity index (χ1n) is 12.4. The van der Waals surface area contributed by atoms with Crippen LogP contribution in [-0.4, -0.2) is 6.21 Å². The molecule has 174 valence electrons. The molecule has 0 amide bonds. The molecule has 3 aromatic carbocycles. The van der Waals surface area contributed by atoms with Crippen molar-refractivity contribution in [2.45, 2.75) is 46.1 Å². The lowest BCUT2D eigenvalue weighted by molar-refractivity contribution is 0.773. The Balaban J connectivity index is 0.00000158. The summed E-state index contributed by atoms with van der Waals surface area (Å²) in [5.41, 5.74) is 8.35. The molecule has 1 heterocycles. The lowest BCUT2D eigenvalue weighted by atomic mass is 9.92. The van der Waals surface area contributed by atoms with Gasteiger partial charge in [-0.15, -0.1) is 0 Å². The normalized spacial score (nSPS) is 16.0. The molecule has 3 aromatic rings. The van der Waals surface area contributed by atoms with Gasteiger partial charge in [0.15, 0.2) is 0 Å². The highest BCUT2D eigenvalue weighted by atomic mass is 15.0. The van der Waals surface area contributed by atoms with Gasteiger partial charge in [-0.3, -0.25) is 0 Å². The zero-order valence-electron chi connectivity index (χ0n) is 20.6. The molecule has 2 heteroatoms. The Labute approximate surface area is 205 Å². The van der Waals surface area contributed by atoms with Crippen molar-refractivity contribution >= 4 is 17.5 Å². The van der Waals surface area contributed by atoms with Crippen LogP contribution in [0.4, 0.5) is 0 Å². The van der Waals surface area contributed by atoms with Crippen molar-refractivity contribution < 1.29 is 0 Å². The summed E-state index contributed by atoms with van der Waals surface area (Å²) in [7, 11) is 0. The number of fused-ring (bicyclic) bond motifs is 1. The lowest BCUT2D eigenvalue weighted by Gasteiger charge is -2.17. The van der Waals surface area contributed by atoms with Crippen LogP contribution in [0.3, 0.4) is 0 Å². The molecule has 0 unspecified atom stereocenters. The van der Waals surface area contributed by atoms with Crippen LogP contribution >= 0.6 is 0 Å². The summed E-state index contributed by atoms with van der Waals surface area (Å²) in [6.07, 6.45) is 13.2. The number of hydrogen-bond acceptors (Lipinski definition) is 2. The maximum absolute atomic E-state index is 7.88. The fourth-order valence-corrected chi connectivity index (χ4v) is 4.23. The predicted molar refractivity (Wildman–Crippen MR) is 148 cm³/mol. The minimum atomic E-state index is 0.127. The first kappa shape index (κ1) is 25.0. The Morgan fingerprint density at radius 2 is 1.56 bits per heavy atom. The summed E-state index contributed by atoms with van der Waals surface area (Å²) in [5, 5.41) is 11.6. The van der Waals surface area contributed by atoms with Gasteiger partial charge in [-0.2, -0.15) is 0 Å². The number of allylic oxidation sites excluding steroid dienone is 5. The zero-order chi connectivity index (χ0) is 24.2. The van der Waals surface area contributed by atoms with E-state index >= 15 is 0 Å². The van der Waals surface area contributed by atoms with Crippen molar-refractivity contribution in [1.82, 2.24) is 5.32 Å². The summed E-state index contributed by atoms with van der Waals surface area (Å²) in [6, 6.07) is 27.6. The zero-order valence-corrected chi connectivity index (χ0v) is 20.6. The smallest absolute Gasteiger partial charge is 0.0777 e. The molecule has 2 N–H and O–H groups in total. The van der Waals surface area contributed by atoms with Crippen molar-refractivity contribution in [2.24, 2.45) is 0 Å². The molecule has 1 atom stereocenters. The quantitative estimate of drug-likeness (QED) is 0.334. The third-order valence-electron chi connectivity index (χ3n) is 5.89. The van der Waals surface area contributed by atoms with Gasteiger partial charge in [0.1, 0.15) is 0 Å². The van der Waals surface area contributed by atoms with E-state index in [0.717, 1.165) is 30.4 Å². The molecule has 4 rings (SSSR count). The van der Waals surface area contributed by atoms with Gasteiger partial charge in [0, 0.05) is 17.5 Å². The standard InChI is InChI=1S/C30H30N2.C2H6/c1-2-3-4-8-19-29-27-17-11-12-18-28(27)30(32-29)26-16-10-9-15-24(26)20-21-25(22-31)23-13-6-5-7-14-23;1-2/h4-19,21-22,30-32H,2-3,20H2,1H3;1-2H3/b8-4-,25-21+,29-19-,31-22?;/t30-;/m0./s1. The highest BCUT2D eigenvalue weighted by Gasteiger charge is 2.27. The van der Waals surface area contributed by atoms with E-state index < -0.39 is 0 Å². The van der Waals surface area contributed by atoms with E-state index in [1.54, 1.807) is 0 Å². The van der Waals surface area contributed by atoms with Crippen molar-refractivity contribution in [2.75, 3.05) is 0 Å². The van der Waals surface area contributed by atoms with Gasteiger partial charge < -0.3 is 10.7 Å². The third kappa shape index (κ3) is 6.02. The van der Waals surface area contributed by atoms with E-state index in [1.165, 1.54) is 34.2 Å². The number of hydrogen-bond donors (Lipinski definition) is 2. The minimum absolute atomic E-state index is 0.127. The first-order chi connectivity index (χ1) is 16.8. The van der Waals surface area contributed by atoms with E-state index in [0.29, 0.717) is 0 Å². The van der Waals surface area contributed by atoms with Crippen LogP contribution in [0.2, 0.25) is 0 Å². The molecule has 1 aliphatic rings. The van der Waals surface area contributed by atoms with Crippen LogP contribution < -0.4 is 5.32 Å². The molecule has 0 saturated heterocycles. The molecular formula is C32H36N2. The second-order valence-corrected chi connectivity index (χ2v) is 8.03. The van der Waals surface area contributed by atoms with Crippen LogP contribution in [0, 0.1) is 5.41 Å². The van der Waals surface area contributed by atoms with Crippen LogP contribution in [0.1, 0.15) is 67.5 Å². The van der Waals surface area contributed by atoms with Gasteiger partial charge in [0.2, 0.25) is 0 Å². The monoisotopic (exact) mass is 448 g/mol. The fraction of sp³-hybridized carbons (Fsp3) is 0.219. The summed E-state index contributed by atoms with van der Waals surface area (Å²) < 4.78 is 0. The Morgan fingerprint density at radius 3 is 2.29 bits per heavy atom. The average Bonchev–Trinajstić information content (AvgIpc) is 3.27. The van der Waals surface area contributed by atoms with Crippen LogP contribution in [0.15, 0.2) is 103 Å². The molecule has 0 spiro atoms. The molecular weight excluding hydrogens is 412 g/mol. The Hall–Kier alpha value is -3.65. The number of benzene rings is 3. The van der Waals surface area contributed by atoms with E-state index in [1.807, 2.05) is 32.0 Å². The largest absolute Gasteiger partial charge is 0.374 e. The van der Waals surface area contributed by atoms with Gasteiger partial charge in [0.05, 0.1) is 6.04 Å². The molecule has 2 nitrogen and oxygen atoms in total. The second-order valence-electron chi connectivity index (χ2n) is 8.03. The minimum Gasteiger partial charge on any atom is -0.374 e. The van der Waals surface area contributed by atoms with Gasteiger partial charge >= 0.3 is 0 Å². The lowest BCUT2D eigenvalue weighted by Crippen LogP contribution is -2.14. The fourth-order valence-electron chi connectivity index (χ4n) is 4.23. The molecule has 0 radical (unpaired) electrons. The van der Waals surface area contributed by atoms with Gasteiger partial charge in [-0.05, 0) is 46.7 Å². The van der Waals surface area contributed by atoms with E-state index in [2.05, 4.69) is 97.2 Å². The molecule has 0 saturated carbocycles. The molecule has 0 bridgehead atoms. The summed E-state index contributed by atoms with van der Waals surface area (Å²) >= 11 is 0. The molecule has 34 heavy (non-hydrogen) atoms. The SMILES string of the molecule is CC.CCC/C=C\C=C1/N[C@@H](c2ccccc2C/C=C(\C=N)c2ccccc2)c2ccccc21. The van der Waals surface area contributed by atoms with Crippen molar-refractivity contribution in [3.05, 3.63) is 131 Å². The summed E-state index contributed by atoms with van der Waals surface area (Å²) in [6.45, 7) is 6.20. The van der Waals surface area contributed by atoms with Crippen LogP contribution in [0.25, 0.3) is 11.3 Å². The van der Waals surface area contributed by atoms with E-state index in [4.69, 9.17) is 5.41 Å². The molecule has 0 fully saturated rings. The maximum Gasteiger partial charge on any atom is 0.0777 e. The Kier molecular flexibility index (Phi) is 9.66. The van der Waals surface area contributed by atoms with Gasteiger partial charge in [0.25, 0.3) is 0 Å². The summed E-state index contributed by atoms with van der Waals surface area (Å²) in [5.74, 6) is 0. The number of rotatable bonds is 8. The Morgan fingerprint density at radius 1 is 0.882 bits per heavy atom. The van der Waals surface area contributed by atoms with Gasteiger partial charge in [-0.25, -0.2) is 0 Å². The molecule has 0 aliphatic carbocycles. The summed E-state index contributed by atoms with van der Waals surface area (Å²) in [4.78, 5) is 0. The van der Waals surface area contributed by atoms with E-state index in [-0.39, 0.29) is 6.04 Å². The number of unbranched alkanes of at least 4 members (excludes halogenated alkanes) is 1. The molecule has 1 aliphatic heterocycles. The van der Waals surface area contributed by atoms with Crippen molar-refractivity contribution in [3.8, 4) is 0 Å². The topological polar surface area (TPSA) is 35.9 Å². The van der Waals surface area contributed by atoms with Crippen molar-refractivity contribution in [1.29, 1.82) is 5.41 Å². The average molecular weight is 449 g/mol. The first-order valence-corrected chi connectivity index (χ1v) is 12.4. The van der Waals surface area contributed by atoms with Crippen LogP contribution in [-0.2, 0) is 6.42 Å². The van der Waals surface area contributed by atoms with Crippen LogP contribution in [0.5, 0.6) is 0 Å². The number of nitrogens with one attached hydrogen (secondary N) is 2. The van der Waals surface area contributed by atoms with Crippen molar-refractivity contribution in [3.63, 3.8) is 0 Å². The highest BCUT2D eigenvalue weighted by Crippen LogP contribution is 2.38. The van der Waals surface area contributed by atoms with Gasteiger partial charge in [-0.1, -0.05) is 124 Å². The highest BCUT2D eigenvalue weighted by molar-refractivity contribution is 6.08. The maximum atomic E-state index is 7.88. The Bertz CT molecular complexity index is 1150. The predicted octanol–water partition coefficient (Wildman–Crippen LogP) is 8.38. The van der Waals surface area contributed by atoms with E-state index in [9.17, 15) is 0 Å². The third-order valence-corrected chi connectivity index (χ3v) is 5.89. The molecule has 0 aromatic heterocycles.